The summed E-state index contributed by atoms with van der Waals surface area (Å²) in [5, 5.41) is 2.44. The lowest BCUT2D eigenvalue weighted by Crippen LogP contribution is -2.75. The van der Waals surface area contributed by atoms with Gasteiger partial charge in [0.1, 0.15) is 4.87 Å². The number of hydrogen-bond acceptors (Lipinski definition) is 1. The second-order valence-corrected chi connectivity index (χ2v) is 3.92. The Kier molecular flexibility index (Phi) is 2.30. The van der Waals surface area contributed by atoms with Gasteiger partial charge in [0.2, 0.25) is 0 Å². The molecule has 1 saturated carbocycles. The minimum atomic E-state index is -4.07. The molecule has 0 radical (unpaired) electrons. The van der Waals surface area contributed by atoms with Crippen LogP contribution < -0.4 is 5.32 Å². The molecule has 1 aliphatic carbocycles. The molecular formula is C6H7Cl2F4N. The molecule has 1 aliphatic heterocycles. The van der Waals surface area contributed by atoms with Crippen LogP contribution in [-0.4, -0.2) is 29.8 Å². The first-order chi connectivity index (χ1) is 5.34. The zero-order valence-electron chi connectivity index (χ0n) is 6.29. The third-order valence-electron chi connectivity index (χ3n) is 2.66. The van der Waals surface area contributed by atoms with E-state index in [0.717, 1.165) is 0 Å². The number of alkyl halides is 5. The van der Waals surface area contributed by atoms with E-state index in [4.69, 9.17) is 11.6 Å². The number of rotatable bonds is 0. The third-order valence-corrected chi connectivity index (χ3v) is 3.30. The summed E-state index contributed by atoms with van der Waals surface area (Å²) in [4.78, 5) is -2.06. The largest absolute Gasteiger partial charge is 0.331 e. The Hall–Kier alpha value is 0.260. The monoisotopic (exact) mass is 239 g/mol. The third kappa shape index (κ3) is 0.930. The Balaban J connectivity index is 0.000000845. The molecule has 0 aromatic rings. The fourth-order valence-electron chi connectivity index (χ4n) is 1.85. The van der Waals surface area contributed by atoms with Crippen molar-refractivity contribution in [1.29, 1.82) is 0 Å². The molecule has 0 spiro atoms. The van der Waals surface area contributed by atoms with Gasteiger partial charge in [-0.3, -0.25) is 0 Å². The Morgan fingerprint density at radius 1 is 1.23 bits per heavy atom. The van der Waals surface area contributed by atoms with E-state index in [1.54, 1.807) is 0 Å². The molecule has 0 amide bonds. The van der Waals surface area contributed by atoms with Gasteiger partial charge in [-0.2, -0.15) is 17.6 Å². The average Bonchev–Trinajstić information content (AvgIpc) is 2.31. The first-order valence-electron chi connectivity index (χ1n) is 3.49. The van der Waals surface area contributed by atoms with Crippen LogP contribution in [0.15, 0.2) is 0 Å². The molecule has 0 aromatic heterocycles. The van der Waals surface area contributed by atoms with Crippen LogP contribution in [0.25, 0.3) is 0 Å². The molecule has 13 heavy (non-hydrogen) atoms. The Labute approximate surface area is 83.2 Å². The molecule has 0 bridgehead atoms. The van der Waals surface area contributed by atoms with Crippen molar-refractivity contribution in [2.75, 3.05) is 13.1 Å². The Morgan fingerprint density at radius 3 is 2.23 bits per heavy atom. The van der Waals surface area contributed by atoms with Crippen molar-refractivity contribution < 1.29 is 17.6 Å². The van der Waals surface area contributed by atoms with Crippen molar-refractivity contribution in [2.24, 2.45) is 5.92 Å². The lowest BCUT2D eigenvalue weighted by molar-refractivity contribution is -0.326. The van der Waals surface area contributed by atoms with Crippen LogP contribution >= 0.6 is 24.0 Å². The first kappa shape index (κ1) is 11.3. The van der Waals surface area contributed by atoms with Gasteiger partial charge in [-0.15, -0.1) is 24.0 Å². The highest BCUT2D eigenvalue weighted by atomic mass is 35.5. The van der Waals surface area contributed by atoms with Crippen molar-refractivity contribution >= 4 is 24.0 Å². The average molecular weight is 240 g/mol. The van der Waals surface area contributed by atoms with Crippen LogP contribution in [0.2, 0.25) is 0 Å². The van der Waals surface area contributed by atoms with Crippen LogP contribution in [0.3, 0.4) is 0 Å². The molecule has 78 valence electrons. The maximum atomic E-state index is 12.7. The maximum absolute atomic E-state index is 12.7. The van der Waals surface area contributed by atoms with Crippen molar-refractivity contribution in [2.45, 2.75) is 16.7 Å². The lowest BCUT2D eigenvalue weighted by Gasteiger charge is -2.52. The van der Waals surface area contributed by atoms with Crippen molar-refractivity contribution in [3.8, 4) is 0 Å². The van der Waals surface area contributed by atoms with Crippen molar-refractivity contribution in [3.63, 3.8) is 0 Å². The molecule has 7 heteroatoms. The predicted octanol–water partition coefficient (Wildman–Crippen LogP) is 1.89. The minimum Gasteiger partial charge on any atom is -0.314 e. The number of fused-ring (bicyclic) bond motifs is 1. The number of halogens is 6. The quantitative estimate of drug-likeness (QED) is 0.503. The summed E-state index contributed by atoms with van der Waals surface area (Å²) in [6.07, 6.45) is 0. The van der Waals surface area contributed by atoms with Crippen LogP contribution in [0.1, 0.15) is 0 Å². The fraction of sp³-hybridized carbons (Fsp3) is 1.00. The van der Waals surface area contributed by atoms with E-state index >= 15 is 0 Å². The topological polar surface area (TPSA) is 12.0 Å². The van der Waals surface area contributed by atoms with Gasteiger partial charge in [-0.25, -0.2) is 0 Å². The standard InChI is InChI=1S/C6H6ClF4N.ClH/c7-4-2-12-1-3(4)5(8,9)6(4,10)11;/h3,12H,1-2H2;1H/t3-,4-;/m0./s1. The predicted molar refractivity (Wildman–Crippen MR) is 42.1 cm³/mol. The van der Waals surface area contributed by atoms with Gasteiger partial charge in [0.05, 0.1) is 5.92 Å². The van der Waals surface area contributed by atoms with Gasteiger partial charge in [0, 0.05) is 13.1 Å². The molecule has 1 saturated heterocycles. The van der Waals surface area contributed by atoms with Gasteiger partial charge < -0.3 is 5.32 Å². The van der Waals surface area contributed by atoms with Crippen molar-refractivity contribution in [3.05, 3.63) is 0 Å². The molecule has 2 fully saturated rings. The second-order valence-electron chi connectivity index (χ2n) is 3.24. The molecule has 1 N–H and O–H groups in total. The van der Waals surface area contributed by atoms with Crippen LogP contribution in [0, 0.1) is 5.92 Å². The number of hydrogen-bond donors (Lipinski definition) is 1. The second kappa shape index (κ2) is 2.64. The van der Waals surface area contributed by atoms with Gasteiger partial charge >= 0.3 is 11.8 Å². The molecule has 2 atom stereocenters. The van der Waals surface area contributed by atoms with Crippen LogP contribution in [-0.2, 0) is 0 Å². The molecule has 2 aliphatic rings. The minimum absolute atomic E-state index is 0. The van der Waals surface area contributed by atoms with Gasteiger partial charge in [0.15, 0.2) is 0 Å². The normalized spacial score (nSPS) is 44.5. The summed E-state index contributed by atoms with van der Waals surface area (Å²) in [5.74, 6) is -9.45. The Morgan fingerprint density at radius 2 is 1.77 bits per heavy atom. The molecule has 2 rings (SSSR count). The summed E-state index contributed by atoms with van der Waals surface area (Å²) in [6, 6.07) is 0. The Bertz CT molecular complexity index is 232. The zero-order valence-corrected chi connectivity index (χ0v) is 7.86. The molecule has 0 aromatic carbocycles. The van der Waals surface area contributed by atoms with Gasteiger partial charge in [0.25, 0.3) is 0 Å². The van der Waals surface area contributed by atoms with Crippen LogP contribution in [0.5, 0.6) is 0 Å². The molecule has 1 nitrogen and oxygen atoms in total. The highest BCUT2D eigenvalue weighted by Gasteiger charge is 2.87. The van der Waals surface area contributed by atoms with Gasteiger partial charge in [-0.05, 0) is 0 Å². The van der Waals surface area contributed by atoms with E-state index in [1.807, 2.05) is 0 Å². The van der Waals surface area contributed by atoms with Crippen LogP contribution in [0.4, 0.5) is 17.6 Å². The summed E-state index contributed by atoms with van der Waals surface area (Å²) in [6.45, 7) is -0.381. The van der Waals surface area contributed by atoms with Gasteiger partial charge in [-0.1, -0.05) is 0 Å². The molecule has 1 heterocycles. The van der Waals surface area contributed by atoms with E-state index in [-0.39, 0.29) is 25.5 Å². The van der Waals surface area contributed by atoms with E-state index in [9.17, 15) is 17.6 Å². The van der Waals surface area contributed by atoms with Crippen molar-refractivity contribution in [1.82, 2.24) is 5.32 Å². The zero-order chi connectivity index (χ0) is 9.20. The SMILES string of the molecule is Cl.FC1(F)[C@H]2CNC[C@@]2(Cl)C1(F)F. The smallest absolute Gasteiger partial charge is 0.314 e. The molecular weight excluding hydrogens is 233 g/mol. The summed E-state index contributed by atoms with van der Waals surface area (Å²) >= 11 is 5.39. The highest BCUT2D eigenvalue weighted by molar-refractivity contribution is 6.26. The van der Waals surface area contributed by atoms with E-state index in [0.29, 0.717) is 0 Å². The summed E-state index contributed by atoms with van der Waals surface area (Å²) in [7, 11) is 0. The first-order valence-corrected chi connectivity index (χ1v) is 3.87. The summed E-state index contributed by atoms with van der Waals surface area (Å²) < 4.78 is 50.8. The highest BCUT2D eigenvalue weighted by Crippen LogP contribution is 2.66. The number of nitrogens with one attached hydrogen (secondary N) is 1. The summed E-state index contributed by atoms with van der Waals surface area (Å²) in [5.41, 5.74) is 0. The van der Waals surface area contributed by atoms with E-state index in [1.165, 1.54) is 0 Å². The fourth-order valence-corrected chi connectivity index (χ4v) is 2.28. The maximum Gasteiger partial charge on any atom is 0.331 e. The lowest BCUT2D eigenvalue weighted by atomic mass is 9.67. The molecule has 0 unspecified atom stereocenters. The van der Waals surface area contributed by atoms with E-state index < -0.39 is 22.6 Å². The van der Waals surface area contributed by atoms with E-state index in [2.05, 4.69) is 5.32 Å².